The fourth-order valence-electron chi connectivity index (χ4n) is 3.52. The molecule has 1 fully saturated rings. The lowest BCUT2D eigenvalue weighted by Gasteiger charge is -2.36. The van der Waals surface area contributed by atoms with Gasteiger partial charge in [0.15, 0.2) is 5.82 Å². The summed E-state index contributed by atoms with van der Waals surface area (Å²) in [4.78, 5) is 21.5. The van der Waals surface area contributed by atoms with Crippen LogP contribution in [-0.2, 0) is 27.9 Å². The third-order valence-corrected chi connectivity index (χ3v) is 4.84. The second-order valence-electron chi connectivity index (χ2n) is 6.53. The lowest BCUT2D eigenvalue weighted by atomic mass is 9.88. The summed E-state index contributed by atoms with van der Waals surface area (Å²) in [5.41, 5.74) is 1.63. The van der Waals surface area contributed by atoms with Crippen LogP contribution in [0.2, 0.25) is 0 Å². The SMILES string of the molecule is O=C(Cc1ccc2c(c1)CCO2)NC1(c2ncccn2)CCOCC1. The molecule has 6 nitrogen and oxygen atoms in total. The minimum atomic E-state index is -0.545. The summed E-state index contributed by atoms with van der Waals surface area (Å²) in [6.45, 7) is 1.91. The highest BCUT2D eigenvalue weighted by molar-refractivity contribution is 5.79. The summed E-state index contributed by atoms with van der Waals surface area (Å²) in [5, 5.41) is 3.19. The van der Waals surface area contributed by atoms with Crippen LogP contribution in [0.15, 0.2) is 36.7 Å². The number of carbonyl (C=O) groups is 1. The van der Waals surface area contributed by atoms with Crippen molar-refractivity contribution < 1.29 is 14.3 Å². The van der Waals surface area contributed by atoms with Gasteiger partial charge in [-0.05, 0) is 23.3 Å². The fraction of sp³-hybridized carbons (Fsp3) is 0.421. The second kappa shape index (κ2) is 6.80. The Bertz CT molecular complexity index is 758. The van der Waals surface area contributed by atoms with E-state index in [0.29, 0.717) is 38.3 Å². The highest BCUT2D eigenvalue weighted by Gasteiger charge is 2.38. The number of nitrogens with zero attached hydrogens (tertiary/aromatic N) is 2. The molecule has 0 unspecified atom stereocenters. The number of carbonyl (C=O) groups excluding carboxylic acids is 1. The first-order valence-corrected chi connectivity index (χ1v) is 8.66. The quantitative estimate of drug-likeness (QED) is 0.919. The Morgan fingerprint density at radius 3 is 2.76 bits per heavy atom. The Balaban J connectivity index is 1.51. The molecule has 2 aliphatic rings. The zero-order chi connectivity index (χ0) is 17.1. The van der Waals surface area contributed by atoms with Crippen molar-refractivity contribution in [2.75, 3.05) is 19.8 Å². The van der Waals surface area contributed by atoms with Crippen LogP contribution in [0, 0.1) is 0 Å². The molecule has 130 valence electrons. The van der Waals surface area contributed by atoms with E-state index in [-0.39, 0.29) is 5.91 Å². The Labute approximate surface area is 146 Å². The molecule has 1 aromatic heterocycles. The van der Waals surface area contributed by atoms with Gasteiger partial charge in [-0.25, -0.2) is 9.97 Å². The monoisotopic (exact) mass is 339 g/mol. The first-order chi connectivity index (χ1) is 12.3. The Morgan fingerprint density at radius 2 is 1.96 bits per heavy atom. The van der Waals surface area contributed by atoms with E-state index in [1.807, 2.05) is 12.1 Å². The summed E-state index contributed by atoms with van der Waals surface area (Å²) in [7, 11) is 0. The molecule has 0 bridgehead atoms. The number of aromatic nitrogens is 2. The highest BCUT2D eigenvalue weighted by Crippen LogP contribution is 2.30. The molecule has 0 aliphatic carbocycles. The molecule has 1 aromatic carbocycles. The van der Waals surface area contributed by atoms with Crippen LogP contribution >= 0.6 is 0 Å². The fourth-order valence-corrected chi connectivity index (χ4v) is 3.52. The molecule has 1 amide bonds. The number of benzene rings is 1. The van der Waals surface area contributed by atoms with Crippen molar-refractivity contribution in [2.45, 2.75) is 31.2 Å². The molecule has 3 heterocycles. The highest BCUT2D eigenvalue weighted by atomic mass is 16.5. The Hall–Kier alpha value is -2.47. The van der Waals surface area contributed by atoms with Gasteiger partial charge in [-0.1, -0.05) is 12.1 Å². The Kier molecular flexibility index (Phi) is 4.36. The van der Waals surface area contributed by atoms with E-state index < -0.39 is 5.54 Å². The molecule has 6 heteroatoms. The van der Waals surface area contributed by atoms with Crippen LogP contribution in [0.1, 0.15) is 29.8 Å². The topological polar surface area (TPSA) is 73.3 Å². The summed E-state index contributed by atoms with van der Waals surface area (Å²) in [6, 6.07) is 7.76. The Morgan fingerprint density at radius 1 is 1.16 bits per heavy atom. The van der Waals surface area contributed by atoms with Crippen molar-refractivity contribution in [3.8, 4) is 5.75 Å². The first-order valence-electron chi connectivity index (χ1n) is 8.66. The average Bonchev–Trinajstić information content (AvgIpc) is 3.11. The second-order valence-corrected chi connectivity index (χ2v) is 6.53. The van der Waals surface area contributed by atoms with Crippen LogP contribution in [0.25, 0.3) is 0 Å². The molecular weight excluding hydrogens is 318 g/mol. The van der Waals surface area contributed by atoms with Gasteiger partial charge in [-0.3, -0.25) is 4.79 Å². The normalized spacial score (nSPS) is 18.2. The minimum Gasteiger partial charge on any atom is -0.493 e. The third-order valence-electron chi connectivity index (χ3n) is 4.84. The number of amides is 1. The molecular formula is C19H21N3O3. The van der Waals surface area contributed by atoms with Crippen LogP contribution in [0.4, 0.5) is 0 Å². The maximum atomic E-state index is 12.7. The standard InChI is InChI=1S/C19H21N3O3/c23-17(13-14-2-3-16-15(12-14)4-9-25-16)22-19(5-10-24-11-6-19)18-20-7-1-8-21-18/h1-3,7-8,12H,4-6,9-11,13H2,(H,22,23). The van der Waals surface area contributed by atoms with Crippen molar-refractivity contribution in [2.24, 2.45) is 0 Å². The number of nitrogens with one attached hydrogen (secondary N) is 1. The zero-order valence-electron chi connectivity index (χ0n) is 14.0. The van der Waals surface area contributed by atoms with Gasteiger partial charge in [0.25, 0.3) is 0 Å². The number of hydrogen-bond acceptors (Lipinski definition) is 5. The number of rotatable bonds is 4. The van der Waals surface area contributed by atoms with E-state index in [2.05, 4.69) is 21.4 Å². The summed E-state index contributed by atoms with van der Waals surface area (Å²) in [6.07, 6.45) is 6.03. The number of fused-ring (bicyclic) bond motifs is 1. The predicted molar refractivity (Wildman–Crippen MR) is 91.3 cm³/mol. The van der Waals surface area contributed by atoms with Crippen molar-refractivity contribution >= 4 is 5.91 Å². The molecule has 4 rings (SSSR count). The molecule has 1 N–H and O–H groups in total. The van der Waals surface area contributed by atoms with Crippen molar-refractivity contribution in [3.05, 3.63) is 53.6 Å². The van der Waals surface area contributed by atoms with Gasteiger partial charge in [-0.15, -0.1) is 0 Å². The minimum absolute atomic E-state index is 0.0202. The molecule has 1 saturated heterocycles. The van der Waals surface area contributed by atoms with Crippen molar-refractivity contribution in [1.29, 1.82) is 0 Å². The zero-order valence-corrected chi connectivity index (χ0v) is 14.0. The van der Waals surface area contributed by atoms with Gasteiger partial charge in [-0.2, -0.15) is 0 Å². The van der Waals surface area contributed by atoms with E-state index in [1.165, 1.54) is 5.56 Å². The summed E-state index contributed by atoms with van der Waals surface area (Å²) >= 11 is 0. The average molecular weight is 339 g/mol. The molecule has 2 aliphatic heterocycles. The van der Waals surface area contributed by atoms with E-state index in [4.69, 9.17) is 9.47 Å². The lowest BCUT2D eigenvalue weighted by molar-refractivity contribution is -0.124. The smallest absolute Gasteiger partial charge is 0.225 e. The number of hydrogen-bond donors (Lipinski definition) is 1. The molecule has 25 heavy (non-hydrogen) atoms. The largest absolute Gasteiger partial charge is 0.493 e. The lowest BCUT2D eigenvalue weighted by Crippen LogP contribution is -2.51. The van der Waals surface area contributed by atoms with Crippen molar-refractivity contribution in [1.82, 2.24) is 15.3 Å². The summed E-state index contributed by atoms with van der Waals surface area (Å²) < 4.78 is 11.0. The number of ether oxygens (including phenoxy) is 2. The maximum absolute atomic E-state index is 12.7. The van der Waals surface area contributed by atoms with Crippen LogP contribution < -0.4 is 10.1 Å². The predicted octanol–water partition coefficient (Wildman–Crippen LogP) is 1.78. The van der Waals surface area contributed by atoms with E-state index in [9.17, 15) is 4.79 Å². The van der Waals surface area contributed by atoms with Crippen LogP contribution in [0.3, 0.4) is 0 Å². The maximum Gasteiger partial charge on any atom is 0.225 e. The third kappa shape index (κ3) is 3.35. The van der Waals surface area contributed by atoms with Gasteiger partial charge >= 0.3 is 0 Å². The van der Waals surface area contributed by atoms with Gasteiger partial charge in [0, 0.05) is 44.9 Å². The van der Waals surface area contributed by atoms with E-state index >= 15 is 0 Å². The molecule has 0 spiro atoms. The van der Waals surface area contributed by atoms with Crippen LogP contribution in [0.5, 0.6) is 5.75 Å². The van der Waals surface area contributed by atoms with Gasteiger partial charge in [0.2, 0.25) is 5.91 Å². The molecule has 0 atom stereocenters. The first kappa shape index (κ1) is 16.0. The van der Waals surface area contributed by atoms with Gasteiger partial charge < -0.3 is 14.8 Å². The van der Waals surface area contributed by atoms with Gasteiger partial charge in [0.05, 0.1) is 13.0 Å². The van der Waals surface area contributed by atoms with E-state index in [0.717, 1.165) is 24.3 Å². The molecule has 0 saturated carbocycles. The molecule has 2 aromatic rings. The van der Waals surface area contributed by atoms with Gasteiger partial charge in [0.1, 0.15) is 11.3 Å². The van der Waals surface area contributed by atoms with Crippen LogP contribution in [-0.4, -0.2) is 35.7 Å². The van der Waals surface area contributed by atoms with Crippen molar-refractivity contribution in [3.63, 3.8) is 0 Å². The molecule has 0 radical (unpaired) electrons. The van der Waals surface area contributed by atoms with E-state index in [1.54, 1.807) is 18.5 Å². The summed E-state index contributed by atoms with van der Waals surface area (Å²) in [5.74, 6) is 1.57.